The molecule has 0 radical (unpaired) electrons. The van der Waals surface area contributed by atoms with Gasteiger partial charge in [-0.05, 0) is 24.9 Å². The lowest BCUT2D eigenvalue weighted by Crippen LogP contribution is -2.26. The number of halogens is 2. The van der Waals surface area contributed by atoms with Gasteiger partial charge < -0.3 is 5.32 Å². The van der Waals surface area contributed by atoms with Crippen LogP contribution in [0.3, 0.4) is 0 Å². The topological polar surface area (TPSA) is 12.0 Å². The van der Waals surface area contributed by atoms with Crippen molar-refractivity contribution >= 4 is 0 Å². The van der Waals surface area contributed by atoms with E-state index in [1.54, 1.807) is 0 Å². The molecule has 1 saturated heterocycles. The fourth-order valence-electron chi connectivity index (χ4n) is 2.01. The van der Waals surface area contributed by atoms with Crippen LogP contribution in [0.2, 0.25) is 0 Å². The standard InChI is InChI=1S/C12H15F2N/c13-12(14)10-6-4-9(5-7-10)11-3-1-2-8-15-11/h4-7,11-12,15H,1-3,8H2/t11-/m1/s1. The van der Waals surface area contributed by atoms with E-state index in [1.165, 1.54) is 25.0 Å². The van der Waals surface area contributed by atoms with Crippen molar-refractivity contribution in [1.29, 1.82) is 0 Å². The fraction of sp³-hybridized carbons (Fsp3) is 0.500. The number of hydrogen-bond donors (Lipinski definition) is 1. The van der Waals surface area contributed by atoms with Crippen molar-refractivity contribution in [3.8, 4) is 0 Å². The highest BCUT2D eigenvalue weighted by Crippen LogP contribution is 2.25. The average Bonchev–Trinajstić information content (AvgIpc) is 2.30. The highest BCUT2D eigenvalue weighted by molar-refractivity contribution is 5.25. The Kier molecular flexibility index (Phi) is 3.31. The van der Waals surface area contributed by atoms with Crippen molar-refractivity contribution < 1.29 is 8.78 Å². The molecule has 1 aliphatic rings. The number of alkyl halides is 2. The molecule has 1 fully saturated rings. The molecule has 0 spiro atoms. The molecule has 0 aromatic heterocycles. The summed E-state index contributed by atoms with van der Waals surface area (Å²) < 4.78 is 24.7. The Balaban J connectivity index is 2.08. The zero-order valence-electron chi connectivity index (χ0n) is 8.55. The zero-order chi connectivity index (χ0) is 10.7. The maximum Gasteiger partial charge on any atom is 0.263 e. The molecule has 1 N–H and O–H groups in total. The Morgan fingerprint density at radius 1 is 1.13 bits per heavy atom. The van der Waals surface area contributed by atoms with Crippen LogP contribution in [0.5, 0.6) is 0 Å². The summed E-state index contributed by atoms with van der Waals surface area (Å²) in [6.07, 6.45) is 1.17. The molecule has 1 nitrogen and oxygen atoms in total. The van der Waals surface area contributed by atoms with Crippen LogP contribution >= 0.6 is 0 Å². The van der Waals surface area contributed by atoms with Crippen molar-refractivity contribution in [2.75, 3.05) is 6.54 Å². The molecule has 1 atom stereocenters. The molecular formula is C12H15F2N. The molecule has 2 rings (SSSR count). The molecule has 82 valence electrons. The predicted molar refractivity (Wildman–Crippen MR) is 56.0 cm³/mol. The largest absolute Gasteiger partial charge is 0.310 e. The molecule has 1 aromatic carbocycles. The minimum absolute atomic E-state index is 0.106. The second-order valence-corrected chi connectivity index (χ2v) is 3.97. The Bertz CT molecular complexity index is 302. The molecular weight excluding hydrogens is 196 g/mol. The van der Waals surface area contributed by atoms with Gasteiger partial charge in [0.1, 0.15) is 0 Å². The van der Waals surface area contributed by atoms with Crippen LogP contribution in [0.25, 0.3) is 0 Å². The van der Waals surface area contributed by atoms with E-state index in [9.17, 15) is 8.78 Å². The summed E-state index contributed by atoms with van der Waals surface area (Å²) in [5, 5.41) is 3.40. The first kappa shape index (κ1) is 10.6. The van der Waals surface area contributed by atoms with Gasteiger partial charge in [0.25, 0.3) is 6.43 Å². The van der Waals surface area contributed by atoms with E-state index < -0.39 is 6.43 Å². The van der Waals surface area contributed by atoms with Gasteiger partial charge in [-0.2, -0.15) is 0 Å². The highest BCUT2D eigenvalue weighted by Gasteiger charge is 2.15. The van der Waals surface area contributed by atoms with Gasteiger partial charge in [-0.1, -0.05) is 30.7 Å². The lowest BCUT2D eigenvalue weighted by molar-refractivity contribution is 0.151. The Hall–Kier alpha value is -0.960. The SMILES string of the molecule is FC(F)c1ccc([C@H]2CCCCN2)cc1. The van der Waals surface area contributed by atoms with E-state index in [-0.39, 0.29) is 5.56 Å². The van der Waals surface area contributed by atoms with Crippen LogP contribution in [-0.4, -0.2) is 6.54 Å². The first-order valence-electron chi connectivity index (χ1n) is 5.39. The van der Waals surface area contributed by atoms with E-state index in [1.807, 2.05) is 12.1 Å². The van der Waals surface area contributed by atoms with Gasteiger partial charge in [-0.25, -0.2) is 8.78 Å². The molecule has 3 heteroatoms. The normalized spacial score (nSPS) is 21.9. The maximum absolute atomic E-state index is 12.3. The number of benzene rings is 1. The van der Waals surface area contributed by atoms with Crippen LogP contribution < -0.4 is 5.32 Å². The number of piperidine rings is 1. The second kappa shape index (κ2) is 4.71. The first-order valence-corrected chi connectivity index (χ1v) is 5.39. The third-order valence-corrected chi connectivity index (χ3v) is 2.90. The van der Waals surface area contributed by atoms with Crippen molar-refractivity contribution in [2.45, 2.75) is 31.7 Å². The van der Waals surface area contributed by atoms with Gasteiger partial charge in [0.2, 0.25) is 0 Å². The van der Waals surface area contributed by atoms with Crippen molar-refractivity contribution in [3.63, 3.8) is 0 Å². The number of rotatable bonds is 2. The van der Waals surface area contributed by atoms with Crippen LogP contribution in [0.1, 0.15) is 42.9 Å². The van der Waals surface area contributed by atoms with Gasteiger partial charge in [-0.15, -0.1) is 0 Å². The van der Waals surface area contributed by atoms with Crippen molar-refractivity contribution in [2.24, 2.45) is 0 Å². The molecule has 0 unspecified atom stereocenters. The van der Waals surface area contributed by atoms with E-state index in [0.717, 1.165) is 18.5 Å². The van der Waals surface area contributed by atoms with E-state index >= 15 is 0 Å². The van der Waals surface area contributed by atoms with Gasteiger partial charge in [0, 0.05) is 11.6 Å². The predicted octanol–water partition coefficient (Wildman–Crippen LogP) is 3.44. The number of hydrogen-bond acceptors (Lipinski definition) is 1. The van der Waals surface area contributed by atoms with Crippen LogP contribution in [0, 0.1) is 0 Å². The third-order valence-electron chi connectivity index (χ3n) is 2.90. The minimum Gasteiger partial charge on any atom is -0.310 e. The molecule has 0 amide bonds. The van der Waals surface area contributed by atoms with Crippen LogP contribution in [-0.2, 0) is 0 Å². The van der Waals surface area contributed by atoms with Gasteiger partial charge in [0.05, 0.1) is 0 Å². The van der Waals surface area contributed by atoms with E-state index in [2.05, 4.69) is 5.32 Å². The summed E-state index contributed by atoms with van der Waals surface area (Å²) in [5.74, 6) is 0. The molecule has 0 bridgehead atoms. The zero-order valence-corrected chi connectivity index (χ0v) is 8.55. The average molecular weight is 211 g/mol. The monoisotopic (exact) mass is 211 g/mol. The Morgan fingerprint density at radius 3 is 2.40 bits per heavy atom. The summed E-state index contributed by atoms with van der Waals surface area (Å²) in [6.45, 7) is 1.03. The summed E-state index contributed by atoms with van der Waals surface area (Å²) in [4.78, 5) is 0. The van der Waals surface area contributed by atoms with Crippen molar-refractivity contribution in [3.05, 3.63) is 35.4 Å². The Labute approximate surface area is 88.5 Å². The molecule has 0 aliphatic carbocycles. The highest BCUT2D eigenvalue weighted by atomic mass is 19.3. The third kappa shape index (κ3) is 2.53. The maximum atomic E-state index is 12.3. The summed E-state index contributed by atoms with van der Waals surface area (Å²) in [6, 6.07) is 7.02. The summed E-state index contributed by atoms with van der Waals surface area (Å²) in [7, 11) is 0. The van der Waals surface area contributed by atoms with Gasteiger partial charge in [0.15, 0.2) is 0 Å². The smallest absolute Gasteiger partial charge is 0.263 e. The second-order valence-electron chi connectivity index (χ2n) is 3.97. The molecule has 15 heavy (non-hydrogen) atoms. The quantitative estimate of drug-likeness (QED) is 0.790. The lowest BCUT2D eigenvalue weighted by atomic mass is 9.97. The van der Waals surface area contributed by atoms with Crippen LogP contribution in [0.4, 0.5) is 8.78 Å². The van der Waals surface area contributed by atoms with E-state index in [4.69, 9.17) is 0 Å². The summed E-state index contributed by atoms with van der Waals surface area (Å²) in [5.41, 5.74) is 1.23. The molecule has 1 aromatic rings. The lowest BCUT2D eigenvalue weighted by Gasteiger charge is -2.23. The fourth-order valence-corrected chi connectivity index (χ4v) is 2.01. The minimum atomic E-state index is -2.36. The summed E-state index contributed by atoms with van der Waals surface area (Å²) >= 11 is 0. The Morgan fingerprint density at radius 2 is 1.87 bits per heavy atom. The van der Waals surface area contributed by atoms with Gasteiger partial charge in [-0.3, -0.25) is 0 Å². The van der Waals surface area contributed by atoms with Crippen LogP contribution in [0.15, 0.2) is 24.3 Å². The number of nitrogens with one attached hydrogen (secondary N) is 1. The van der Waals surface area contributed by atoms with Crippen molar-refractivity contribution in [1.82, 2.24) is 5.32 Å². The van der Waals surface area contributed by atoms with E-state index in [0.29, 0.717) is 6.04 Å². The van der Waals surface area contributed by atoms with Gasteiger partial charge >= 0.3 is 0 Å². The molecule has 1 heterocycles. The first-order chi connectivity index (χ1) is 7.27. The molecule has 0 saturated carbocycles. The molecule has 1 aliphatic heterocycles.